The van der Waals surface area contributed by atoms with Crippen LogP contribution in [-0.4, -0.2) is 21.5 Å². The maximum atomic E-state index is 11.7. The Morgan fingerprint density at radius 3 is 2.43 bits per heavy atom. The van der Waals surface area contributed by atoms with Gasteiger partial charge in [0.15, 0.2) is 0 Å². The molecule has 0 spiro atoms. The fourth-order valence-corrected chi connectivity index (χ4v) is 2.23. The van der Waals surface area contributed by atoms with Crippen molar-refractivity contribution in [3.63, 3.8) is 0 Å². The van der Waals surface area contributed by atoms with E-state index < -0.39 is 0 Å². The fraction of sp³-hybridized carbons (Fsp3) is 0.688. The third-order valence-corrected chi connectivity index (χ3v) is 3.51. The Balaban J connectivity index is 2.08. The molecule has 1 amide bonds. The number of unbranched alkanes of at least 4 members (excludes halogenated alkanes) is 6. The van der Waals surface area contributed by atoms with Crippen LogP contribution in [0, 0.1) is 0 Å². The van der Waals surface area contributed by atoms with Crippen molar-refractivity contribution >= 4 is 17.5 Å². The molecule has 0 aliphatic carbocycles. The topological polar surface area (TPSA) is 64.0 Å². The van der Waals surface area contributed by atoms with E-state index in [1.54, 1.807) is 24.0 Å². The third kappa shape index (κ3) is 7.63. The van der Waals surface area contributed by atoms with E-state index in [9.17, 15) is 9.59 Å². The number of nitrogens with one attached hydrogen (secondary N) is 1. The molecule has 0 atom stereocenters. The van der Waals surface area contributed by atoms with Crippen molar-refractivity contribution < 1.29 is 9.59 Å². The van der Waals surface area contributed by atoms with Crippen LogP contribution in [0.4, 0.5) is 5.82 Å². The molecule has 0 aliphatic heterocycles. The molecule has 118 valence electrons. The second-order valence-corrected chi connectivity index (χ2v) is 5.48. The van der Waals surface area contributed by atoms with Crippen LogP contribution >= 0.6 is 0 Å². The number of anilines is 1. The van der Waals surface area contributed by atoms with Crippen LogP contribution in [-0.2, 0) is 16.6 Å². The second-order valence-electron chi connectivity index (χ2n) is 5.48. The van der Waals surface area contributed by atoms with Crippen molar-refractivity contribution in [1.82, 2.24) is 9.78 Å². The highest BCUT2D eigenvalue weighted by atomic mass is 16.2. The van der Waals surface area contributed by atoms with Crippen molar-refractivity contribution in [2.75, 3.05) is 5.32 Å². The van der Waals surface area contributed by atoms with E-state index in [2.05, 4.69) is 17.3 Å². The zero-order valence-electron chi connectivity index (χ0n) is 13.2. The van der Waals surface area contributed by atoms with Crippen LogP contribution in [0.5, 0.6) is 0 Å². The third-order valence-electron chi connectivity index (χ3n) is 3.51. The summed E-state index contributed by atoms with van der Waals surface area (Å²) in [5.74, 6) is 0.374. The van der Waals surface area contributed by atoms with Gasteiger partial charge in [0.1, 0.15) is 11.6 Å². The van der Waals surface area contributed by atoms with Crippen molar-refractivity contribution in [3.05, 3.63) is 12.3 Å². The van der Waals surface area contributed by atoms with E-state index in [0.717, 1.165) is 12.8 Å². The maximum absolute atomic E-state index is 11.7. The Labute approximate surface area is 127 Å². The molecule has 5 nitrogen and oxygen atoms in total. The highest BCUT2D eigenvalue weighted by Gasteiger charge is 2.10. The van der Waals surface area contributed by atoms with E-state index in [0.29, 0.717) is 12.2 Å². The number of hydrogen-bond donors (Lipinski definition) is 1. The number of carbonyl (C=O) groups is 2. The van der Waals surface area contributed by atoms with Crippen molar-refractivity contribution in [2.24, 2.45) is 7.05 Å². The molecule has 1 aromatic rings. The van der Waals surface area contributed by atoms with Gasteiger partial charge >= 0.3 is 0 Å². The van der Waals surface area contributed by atoms with E-state index in [1.807, 2.05) is 0 Å². The van der Waals surface area contributed by atoms with Gasteiger partial charge in [-0.25, -0.2) is 0 Å². The highest BCUT2D eigenvalue weighted by Crippen LogP contribution is 2.10. The number of hydrogen-bond acceptors (Lipinski definition) is 3. The van der Waals surface area contributed by atoms with Gasteiger partial charge in [0.05, 0.1) is 12.6 Å². The number of aromatic nitrogens is 2. The van der Waals surface area contributed by atoms with Gasteiger partial charge < -0.3 is 5.32 Å². The van der Waals surface area contributed by atoms with Crippen LogP contribution < -0.4 is 5.32 Å². The maximum Gasteiger partial charge on any atom is 0.232 e. The van der Waals surface area contributed by atoms with Crippen LogP contribution in [0.15, 0.2) is 12.3 Å². The molecule has 1 aromatic heterocycles. The normalized spacial score (nSPS) is 10.6. The zero-order chi connectivity index (χ0) is 15.5. The minimum Gasteiger partial charge on any atom is -0.311 e. The summed E-state index contributed by atoms with van der Waals surface area (Å²) in [6.07, 6.45) is 10.3. The lowest BCUT2D eigenvalue weighted by Gasteiger charge is -2.05. The minimum absolute atomic E-state index is 0.0169. The number of ketones is 1. The lowest BCUT2D eigenvalue weighted by Crippen LogP contribution is -2.18. The highest BCUT2D eigenvalue weighted by molar-refractivity contribution is 6.03. The molecule has 0 aliphatic rings. The summed E-state index contributed by atoms with van der Waals surface area (Å²) in [5, 5.41) is 6.64. The van der Waals surface area contributed by atoms with E-state index in [-0.39, 0.29) is 18.1 Å². The van der Waals surface area contributed by atoms with Crippen LogP contribution in [0.2, 0.25) is 0 Å². The predicted octanol–water partition coefficient (Wildman–Crippen LogP) is 3.46. The first-order valence-corrected chi connectivity index (χ1v) is 7.93. The molecule has 5 heteroatoms. The molecule has 0 saturated heterocycles. The average molecular weight is 293 g/mol. The number of aryl methyl sites for hydroxylation is 1. The largest absolute Gasteiger partial charge is 0.311 e. The van der Waals surface area contributed by atoms with Gasteiger partial charge in [0, 0.05) is 19.5 Å². The van der Waals surface area contributed by atoms with Crippen LogP contribution in [0.1, 0.15) is 64.7 Å². The van der Waals surface area contributed by atoms with Gasteiger partial charge in [0.2, 0.25) is 5.91 Å². The summed E-state index contributed by atoms with van der Waals surface area (Å²) < 4.78 is 1.57. The Morgan fingerprint density at radius 1 is 1.14 bits per heavy atom. The molecule has 0 fully saturated rings. The summed E-state index contributed by atoms with van der Waals surface area (Å²) in [6.45, 7) is 2.20. The predicted molar refractivity (Wildman–Crippen MR) is 84.1 cm³/mol. The summed E-state index contributed by atoms with van der Waals surface area (Å²) >= 11 is 0. The van der Waals surface area contributed by atoms with Gasteiger partial charge in [-0.1, -0.05) is 45.4 Å². The number of Topliss-reactive ketones (excluding diaryl/α,β-unsaturated/α-hetero) is 1. The van der Waals surface area contributed by atoms with E-state index in [4.69, 9.17) is 0 Å². The first-order valence-electron chi connectivity index (χ1n) is 7.93. The molecule has 0 radical (unpaired) electrons. The fourth-order valence-electron chi connectivity index (χ4n) is 2.23. The van der Waals surface area contributed by atoms with Gasteiger partial charge in [-0.3, -0.25) is 14.3 Å². The van der Waals surface area contributed by atoms with Gasteiger partial charge in [-0.05, 0) is 6.42 Å². The smallest absolute Gasteiger partial charge is 0.232 e. The number of nitrogens with zero attached hydrogens (tertiary/aromatic N) is 2. The SMILES string of the molecule is CCCCCCCCCC(=O)CC(=O)Nc1ccnn1C. The monoisotopic (exact) mass is 293 g/mol. The van der Waals surface area contributed by atoms with Crippen molar-refractivity contribution in [2.45, 2.75) is 64.7 Å². The quantitative estimate of drug-likeness (QED) is 0.502. The minimum atomic E-state index is -0.258. The van der Waals surface area contributed by atoms with Crippen molar-refractivity contribution in [3.8, 4) is 0 Å². The molecular formula is C16H27N3O2. The Hall–Kier alpha value is -1.65. The first-order chi connectivity index (χ1) is 10.1. The average Bonchev–Trinajstić information content (AvgIpc) is 2.83. The van der Waals surface area contributed by atoms with E-state index >= 15 is 0 Å². The standard InChI is InChI=1S/C16H27N3O2/c1-3-4-5-6-7-8-9-10-14(20)13-16(21)18-15-11-12-17-19(15)2/h11-12H,3-10,13H2,1-2H3,(H,18,21). The molecule has 1 rings (SSSR count). The van der Waals surface area contributed by atoms with Crippen LogP contribution in [0.25, 0.3) is 0 Å². The lowest BCUT2D eigenvalue weighted by molar-refractivity contribution is -0.125. The molecule has 0 saturated carbocycles. The molecule has 0 unspecified atom stereocenters. The zero-order valence-corrected chi connectivity index (χ0v) is 13.2. The van der Waals surface area contributed by atoms with E-state index in [1.165, 1.54) is 32.1 Å². The number of rotatable bonds is 11. The summed E-state index contributed by atoms with van der Waals surface area (Å²) in [7, 11) is 1.75. The molecular weight excluding hydrogens is 266 g/mol. The summed E-state index contributed by atoms with van der Waals surface area (Å²) in [6, 6.07) is 1.71. The first kappa shape index (κ1) is 17.4. The number of carbonyl (C=O) groups excluding carboxylic acids is 2. The Morgan fingerprint density at radius 2 is 1.81 bits per heavy atom. The van der Waals surface area contributed by atoms with Crippen LogP contribution in [0.3, 0.4) is 0 Å². The Kier molecular flexibility index (Phi) is 8.40. The Bertz CT molecular complexity index is 440. The molecule has 21 heavy (non-hydrogen) atoms. The molecule has 1 heterocycles. The second kappa shape index (κ2) is 10.1. The van der Waals surface area contributed by atoms with Crippen molar-refractivity contribution in [1.29, 1.82) is 0 Å². The van der Waals surface area contributed by atoms with Gasteiger partial charge in [0.25, 0.3) is 0 Å². The summed E-state index contributed by atoms with van der Waals surface area (Å²) in [5.41, 5.74) is 0. The van der Waals surface area contributed by atoms with Gasteiger partial charge in [-0.2, -0.15) is 5.10 Å². The molecule has 1 N–H and O–H groups in total. The molecule has 0 aromatic carbocycles. The molecule has 0 bridgehead atoms. The van der Waals surface area contributed by atoms with Gasteiger partial charge in [-0.15, -0.1) is 0 Å². The lowest BCUT2D eigenvalue weighted by atomic mass is 10.1. The number of amides is 1. The summed E-state index contributed by atoms with van der Waals surface area (Å²) in [4.78, 5) is 23.4.